The highest BCUT2D eigenvalue weighted by atomic mass is 16.5. The molecule has 2 atom stereocenters. The number of hydrogen-bond donors (Lipinski definition) is 0. The second-order valence-corrected chi connectivity index (χ2v) is 5.16. The molecule has 4 heteroatoms. The number of hydrogen-bond acceptors (Lipinski definition) is 4. The largest absolute Gasteiger partial charge is 0.460 e. The van der Waals surface area contributed by atoms with Crippen molar-refractivity contribution in [1.29, 1.82) is 10.5 Å². The number of carbonyl (C=O) groups excluding carboxylic acids is 1. The normalized spacial score (nSPS) is 25.9. The van der Waals surface area contributed by atoms with Crippen LogP contribution in [0.1, 0.15) is 30.0 Å². The zero-order valence-corrected chi connectivity index (χ0v) is 11.0. The molecule has 1 aromatic carbocycles. The van der Waals surface area contributed by atoms with Gasteiger partial charge in [0.25, 0.3) is 0 Å². The number of nitrogens with zero attached hydrogens (tertiary/aromatic N) is 2. The van der Waals surface area contributed by atoms with Crippen molar-refractivity contribution in [1.82, 2.24) is 0 Å². The van der Waals surface area contributed by atoms with Gasteiger partial charge in [-0.3, -0.25) is 4.79 Å². The average Bonchev–Trinajstić information content (AvgIpc) is 2.75. The Bertz CT molecular complexity index is 721. The van der Waals surface area contributed by atoms with Crippen LogP contribution in [0.2, 0.25) is 0 Å². The quantitative estimate of drug-likeness (QED) is 0.729. The maximum atomic E-state index is 11.3. The van der Waals surface area contributed by atoms with Gasteiger partial charge >= 0.3 is 5.97 Å². The third kappa shape index (κ3) is 1.49. The first kappa shape index (κ1) is 12.4. The van der Waals surface area contributed by atoms with Gasteiger partial charge < -0.3 is 4.74 Å². The first-order chi connectivity index (χ1) is 9.62. The van der Waals surface area contributed by atoms with Gasteiger partial charge in [-0.25, -0.2) is 0 Å². The lowest BCUT2D eigenvalue weighted by Gasteiger charge is -2.32. The molecule has 98 valence electrons. The van der Waals surface area contributed by atoms with Gasteiger partial charge in [0.05, 0.1) is 17.7 Å². The third-order valence-corrected chi connectivity index (χ3v) is 4.10. The van der Waals surface area contributed by atoms with E-state index in [-0.39, 0.29) is 5.97 Å². The number of nitriles is 2. The number of ether oxygens (including phenoxy) is 1. The summed E-state index contributed by atoms with van der Waals surface area (Å²) in [5.41, 5.74) is 2.41. The molecule has 0 aromatic heterocycles. The molecule has 4 nitrogen and oxygen atoms in total. The molecule has 1 aromatic rings. The van der Waals surface area contributed by atoms with Crippen molar-refractivity contribution < 1.29 is 9.53 Å². The summed E-state index contributed by atoms with van der Waals surface area (Å²) in [6.45, 7) is 1.36. The highest BCUT2D eigenvalue weighted by Crippen LogP contribution is 2.49. The highest BCUT2D eigenvalue weighted by Gasteiger charge is 2.52. The van der Waals surface area contributed by atoms with E-state index in [1.54, 1.807) is 6.08 Å². The minimum Gasteiger partial charge on any atom is -0.460 e. The lowest BCUT2D eigenvalue weighted by molar-refractivity contribution is -0.148. The molecule has 0 bridgehead atoms. The molecule has 0 amide bonds. The summed E-state index contributed by atoms with van der Waals surface area (Å²) in [4.78, 5) is 11.3. The summed E-state index contributed by atoms with van der Waals surface area (Å²) in [6, 6.07) is 10.2. The summed E-state index contributed by atoms with van der Waals surface area (Å²) in [5, 5.41) is 18.9. The van der Waals surface area contributed by atoms with Crippen LogP contribution in [0.4, 0.5) is 0 Å². The molecule has 2 aliphatic rings. The first-order valence-corrected chi connectivity index (χ1v) is 6.44. The molecule has 0 aliphatic heterocycles. The van der Waals surface area contributed by atoms with Crippen molar-refractivity contribution in [3.05, 3.63) is 41.0 Å². The van der Waals surface area contributed by atoms with Crippen molar-refractivity contribution in [2.75, 3.05) is 0 Å². The second-order valence-electron chi connectivity index (χ2n) is 5.16. The Morgan fingerprint density at radius 2 is 2.25 bits per heavy atom. The molecule has 0 unspecified atom stereocenters. The van der Waals surface area contributed by atoms with E-state index in [1.165, 1.54) is 6.92 Å². The molecular weight excluding hydrogens is 252 g/mol. The third-order valence-electron chi connectivity index (χ3n) is 4.10. The van der Waals surface area contributed by atoms with Gasteiger partial charge in [-0.05, 0) is 23.1 Å². The van der Waals surface area contributed by atoms with Crippen LogP contribution in [-0.2, 0) is 21.4 Å². The van der Waals surface area contributed by atoms with Crippen molar-refractivity contribution in [3.63, 3.8) is 0 Å². The summed E-state index contributed by atoms with van der Waals surface area (Å²) < 4.78 is 5.38. The molecular formula is C16H12N2O2. The monoisotopic (exact) mass is 264 g/mol. The molecule has 0 N–H and O–H groups in total. The lowest BCUT2D eigenvalue weighted by atomic mass is 9.71. The minimum atomic E-state index is -0.849. The first-order valence-electron chi connectivity index (χ1n) is 6.44. The Hall–Kier alpha value is -2.59. The van der Waals surface area contributed by atoms with Crippen LogP contribution in [0.5, 0.6) is 0 Å². The average molecular weight is 264 g/mol. The molecule has 0 fully saturated rings. The predicted octanol–water partition coefficient (Wildman–Crippen LogP) is 2.25. The van der Waals surface area contributed by atoms with Gasteiger partial charge in [-0.15, -0.1) is 0 Å². The number of rotatable bonds is 1. The van der Waals surface area contributed by atoms with Gasteiger partial charge in [0.2, 0.25) is 0 Å². The SMILES string of the molecule is CC(=O)O[C@@H]1Cc2cccc3c2[C@]1(C#N)CC=C3C#N. The second kappa shape index (κ2) is 4.21. The molecule has 2 aliphatic carbocycles. The minimum absolute atomic E-state index is 0.381. The van der Waals surface area contributed by atoms with E-state index in [2.05, 4.69) is 12.1 Å². The molecule has 3 rings (SSSR count). The van der Waals surface area contributed by atoms with Crippen LogP contribution in [0.3, 0.4) is 0 Å². The summed E-state index contributed by atoms with van der Waals surface area (Å²) >= 11 is 0. The summed E-state index contributed by atoms with van der Waals surface area (Å²) in [7, 11) is 0. The number of allylic oxidation sites excluding steroid dienone is 2. The van der Waals surface area contributed by atoms with Crippen LogP contribution in [0.25, 0.3) is 5.57 Å². The van der Waals surface area contributed by atoms with Gasteiger partial charge in [-0.2, -0.15) is 10.5 Å². The molecule has 0 saturated carbocycles. The van der Waals surface area contributed by atoms with Gasteiger partial charge in [0.1, 0.15) is 11.5 Å². The van der Waals surface area contributed by atoms with Crippen molar-refractivity contribution in [2.45, 2.75) is 31.3 Å². The number of benzene rings is 1. The van der Waals surface area contributed by atoms with Gasteiger partial charge in [0, 0.05) is 13.3 Å². The summed E-state index contributed by atoms with van der Waals surface area (Å²) in [6.07, 6.45) is 2.24. The molecule has 0 saturated heterocycles. The van der Waals surface area contributed by atoms with Crippen LogP contribution in [0.15, 0.2) is 24.3 Å². The van der Waals surface area contributed by atoms with Gasteiger partial charge in [-0.1, -0.05) is 24.3 Å². The molecule has 0 heterocycles. The fourth-order valence-electron chi connectivity index (χ4n) is 3.28. The smallest absolute Gasteiger partial charge is 0.302 e. The molecule has 0 spiro atoms. The van der Waals surface area contributed by atoms with Crippen LogP contribution < -0.4 is 0 Å². The fourth-order valence-corrected chi connectivity index (χ4v) is 3.28. The standard InChI is InChI=1S/C16H12N2O2/c1-10(19)20-14-7-11-3-2-4-13-12(8-17)5-6-16(14,9-18)15(11)13/h2-5,14H,6-7H2,1H3/t14-,16+/m1/s1. The topological polar surface area (TPSA) is 73.9 Å². The van der Waals surface area contributed by atoms with E-state index >= 15 is 0 Å². The van der Waals surface area contributed by atoms with E-state index < -0.39 is 11.5 Å². The van der Waals surface area contributed by atoms with Crippen LogP contribution in [-0.4, -0.2) is 12.1 Å². The lowest BCUT2D eigenvalue weighted by Crippen LogP contribution is -2.39. The Morgan fingerprint density at radius 1 is 1.45 bits per heavy atom. The number of carbonyl (C=O) groups is 1. The van der Waals surface area contributed by atoms with Crippen LogP contribution in [0, 0.1) is 22.7 Å². The predicted molar refractivity (Wildman–Crippen MR) is 71.2 cm³/mol. The van der Waals surface area contributed by atoms with E-state index in [1.807, 2.05) is 18.2 Å². The van der Waals surface area contributed by atoms with Crippen molar-refractivity contribution in [2.24, 2.45) is 0 Å². The van der Waals surface area contributed by atoms with Crippen LogP contribution >= 0.6 is 0 Å². The Morgan fingerprint density at radius 3 is 2.90 bits per heavy atom. The number of esters is 1. The molecule has 0 radical (unpaired) electrons. The van der Waals surface area contributed by atoms with Crippen molar-refractivity contribution in [3.8, 4) is 12.1 Å². The Kier molecular flexibility index (Phi) is 2.62. The fraction of sp³-hybridized carbons (Fsp3) is 0.312. The van der Waals surface area contributed by atoms with E-state index in [4.69, 9.17) is 4.74 Å². The van der Waals surface area contributed by atoms with E-state index in [0.717, 1.165) is 16.7 Å². The summed E-state index contributed by atoms with van der Waals surface area (Å²) in [5.74, 6) is -0.381. The Balaban J connectivity index is 2.22. The van der Waals surface area contributed by atoms with E-state index in [0.29, 0.717) is 18.4 Å². The maximum absolute atomic E-state index is 11.3. The van der Waals surface area contributed by atoms with E-state index in [9.17, 15) is 15.3 Å². The maximum Gasteiger partial charge on any atom is 0.302 e. The Labute approximate surface area is 116 Å². The zero-order chi connectivity index (χ0) is 14.3. The highest BCUT2D eigenvalue weighted by molar-refractivity contribution is 5.83. The molecule has 20 heavy (non-hydrogen) atoms. The van der Waals surface area contributed by atoms with Gasteiger partial charge in [0.15, 0.2) is 0 Å². The van der Waals surface area contributed by atoms with Crippen molar-refractivity contribution >= 4 is 11.5 Å². The zero-order valence-electron chi connectivity index (χ0n) is 11.0.